The van der Waals surface area contributed by atoms with Gasteiger partial charge < -0.3 is 0 Å². The monoisotopic (exact) mass is 383 g/mol. The molecule has 0 aromatic rings. The summed E-state index contributed by atoms with van der Waals surface area (Å²) in [4.78, 5) is 11.8. The van der Waals surface area contributed by atoms with Crippen LogP contribution in [0.15, 0.2) is 0 Å². The largest absolute Gasteiger partial charge is 0.280 e. The zero-order chi connectivity index (χ0) is 16.5. The maximum Gasteiger partial charge on any atom is 0.280 e. The first-order valence-electron chi connectivity index (χ1n) is 9.66. The fourth-order valence-electron chi connectivity index (χ4n) is 7.56. The molecule has 4 aliphatic carbocycles. The summed E-state index contributed by atoms with van der Waals surface area (Å²) in [5, 5.41) is 11.8. The summed E-state index contributed by atoms with van der Waals surface area (Å²) in [6, 6.07) is 0. The average molecular weight is 384 g/mol. The van der Waals surface area contributed by atoms with Crippen molar-refractivity contribution in [3.63, 3.8) is 0 Å². The first-order chi connectivity index (χ1) is 10.8. The van der Waals surface area contributed by atoms with Crippen LogP contribution in [0.4, 0.5) is 0 Å². The second-order valence-electron chi connectivity index (χ2n) is 9.41. The number of alkyl halides is 1. The van der Waals surface area contributed by atoms with Crippen LogP contribution in [-0.2, 0) is 0 Å². The van der Waals surface area contributed by atoms with E-state index in [-0.39, 0.29) is 10.3 Å². The van der Waals surface area contributed by atoms with Gasteiger partial charge in [-0.1, -0.05) is 26.7 Å². The number of hydrogen-bond donors (Lipinski definition) is 0. The number of nitrogens with zero attached hydrogens (tertiary/aromatic N) is 1. The molecular formula is C19H30BrNO2. The molecular weight excluding hydrogens is 354 g/mol. The van der Waals surface area contributed by atoms with Gasteiger partial charge in [0.15, 0.2) is 0 Å². The topological polar surface area (TPSA) is 43.1 Å². The maximum absolute atomic E-state index is 11.8. The summed E-state index contributed by atoms with van der Waals surface area (Å²) in [6.07, 6.45) is 12.4. The Balaban J connectivity index is 1.67. The van der Waals surface area contributed by atoms with Crippen LogP contribution >= 0.6 is 15.9 Å². The molecule has 0 radical (unpaired) electrons. The first-order valence-corrected chi connectivity index (χ1v) is 10.5. The number of hydrogen-bond acceptors (Lipinski definition) is 2. The van der Waals surface area contributed by atoms with E-state index in [1.165, 1.54) is 44.9 Å². The molecule has 7 atom stereocenters. The number of fused-ring (bicyclic) bond motifs is 5. The smallest absolute Gasteiger partial charge is 0.263 e. The molecule has 4 heteroatoms. The molecule has 4 aliphatic rings. The van der Waals surface area contributed by atoms with Gasteiger partial charge in [-0.2, -0.15) is 0 Å². The lowest BCUT2D eigenvalue weighted by Gasteiger charge is -2.60. The molecule has 4 saturated carbocycles. The van der Waals surface area contributed by atoms with Crippen molar-refractivity contribution in [2.24, 2.45) is 34.5 Å². The molecule has 0 aromatic carbocycles. The van der Waals surface area contributed by atoms with Crippen molar-refractivity contribution in [3.8, 4) is 0 Å². The van der Waals surface area contributed by atoms with Crippen LogP contribution in [0.1, 0.15) is 78.1 Å². The Morgan fingerprint density at radius 1 is 0.957 bits per heavy atom. The minimum Gasteiger partial charge on any atom is -0.263 e. The predicted molar refractivity (Wildman–Crippen MR) is 95.0 cm³/mol. The van der Waals surface area contributed by atoms with Crippen molar-refractivity contribution in [2.45, 2.75) is 82.5 Å². The molecule has 0 spiro atoms. The second kappa shape index (κ2) is 5.19. The summed E-state index contributed by atoms with van der Waals surface area (Å²) in [5.41, 5.74) is 0.365. The zero-order valence-electron chi connectivity index (χ0n) is 14.5. The van der Waals surface area contributed by atoms with Gasteiger partial charge in [0, 0.05) is 27.3 Å². The van der Waals surface area contributed by atoms with Gasteiger partial charge >= 0.3 is 0 Å². The third-order valence-corrected chi connectivity index (χ3v) is 10.5. The van der Waals surface area contributed by atoms with E-state index in [9.17, 15) is 10.1 Å². The Hall–Kier alpha value is -0.120. The fourth-order valence-corrected chi connectivity index (χ4v) is 8.28. The van der Waals surface area contributed by atoms with Gasteiger partial charge in [-0.05, 0) is 74.0 Å². The maximum atomic E-state index is 11.8. The first kappa shape index (κ1) is 16.4. The van der Waals surface area contributed by atoms with Crippen LogP contribution in [0.2, 0.25) is 0 Å². The molecule has 0 saturated heterocycles. The van der Waals surface area contributed by atoms with Crippen LogP contribution in [-0.4, -0.2) is 9.37 Å². The lowest BCUT2D eigenvalue weighted by atomic mass is 9.45. The highest BCUT2D eigenvalue weighted by Gasteiger charge is 2.69. The quantitative estimate of drug-likeness (QED) is 0.249. The minimum atomic E-state index is -0.875. The van der Waals surface area contributed by atoms with Crippen molar-refractivity contribution >= 4 is 15.9 Å². The predicted octanol–water partition coefficient (Wildman–Crippen LogP) is 5.79. The normalized spacial score (nSPS) is 55.6. The van der Waals surface area contributed by atoms with Crippen LogP contribution in [0.3, 0.4) is 0 Å². The lowest BCUT2D eigenvalue weighted by molar-refractivity contribution is -0.554. The Morgan fingerprint density at radius 2 is 1.70 bits per heavy atom. The molecule has 4 rings (SSSR count). The number of nitro groups is 1. The third kappa shape index (κ3) is 1.99. The molecule has 0 N–H and O–H groups in total. The van der Waals surface area contributed by atoms with Gasteiger partial charge in [0.05, 0.1) is 5.41 Å². The van der Waals surface area contributed by atoms with E-state index in [0.717, 1.165) is 30.6 Å². The van der Waals surface area contributed by atoms with E-state index in [1.54, 1.807) is 0 Å². The standard InChI is InChI=1S/C19H30BrNO2/c1-17-10-4-3-5-13(17)6-7-14-15(17)8-11-18(2)16(14)9-12-19(18,20)21(22)23/h13-16H,3-12H2,1-2H3/t13-,14-,15+,16-,17+,18+,19+/m1/s1. The molecule has 0 amide bonds. The van der Waals surface area contributed by atoms with E-state index in [1.807, 2.05) is 0 Å². The molecule has 0 aliphatic heterocycles. The average Bonchev–Trinajstić information content (AvgIpc) is 2.80. The van der Waals surface area contributed by atoms with Crippen LogP contribution in [0.5, 0.6) is 0 Å². The molecule has 130 valence electrons. The van der Waals surface area contributed by atoms with Gasteiger partial charge in [0.1, 0.15) is 0 Å². The zero-order valence-corrected chi connectivity index (χ0v) is 16.1. The highest BCUT2D eigenvalue weighted by atomic mass is 79.9. The van der Waals surface area contributed by atoms with Crippen molar-refractivity contribution < 1.29 is 4.92 Å². The summed E-state index contributed by atoms with van der Waals surface area (Å²) < 4.78 is -0.875. The second-order valence-corrected chi connectivity index (χ2v) is 10.7. The molecule has 23 heavy (non-hydrogen) atoms. The van der Waals surface area contributed by atoms with E-state index in [0.29, 0.717) is 17.8 Å². The van der Waals surface area contributed by atoms with E-state index in [2.05, 4.69) is 29.8 Å². The minimum absolute atomic E-state index is 0.0126. The Bertz CT molecular complexity index is 525. The van der Waals surface area contributed by atoms with E-state index in [4.69, 9.17) is 0 Å². The van der Waals surface area contributed by atoms with Crippen LogP contribution in [0, 0.1) is 44.6 Å². The molecule has 0 heterocycles. The molecule has 0 bridgehead atoms. The van der Waals surface area contributed by atoms with Gasteiger partial charge in [-0.25, -0.2) is 0 Å². The summed E-state index contributed by atoms with van der Waals surface area (Å²) in [5.74, 6) is 3.02. The van der Waals surface area contributed by atoms with Gasteiger partial charge in [-0.3, -0.25) is 10.1 Å². The van der Waals surface area contributed by atoms with Gasteiger partial charge in [0.25, 0.3) is 4.45 Å². The van der Waals surface area contributed by atoms with E-state index < -0.39 is 4.45 Å². The summed E-state index contributed by atoms with van der Waals surface area (Å²) >= 11 is 3.61. The summed E-state index contributed by atoms with van der Waals surface area (Å²) in [6.45, 7) is 4.79. The van der Waals surface area contributed by atoms with Crippen LogP contribution < -0.4 is 0 Å². The Kier molecular flexibility index (Phi) is 3.69. The van der Waals surface area contributed by atoms with Crippen LogP contribution in [0.25, 0.3) is 0 Å². The third-order valence-electron chi connectivity index (χ3n) is 8.92. The highest BCUT2D eigenvalue weighted by molar-refractivity contribution is 9.10. The highest BCUT2D eigenvalue weighted by Crippen LogP contribution is 2.69. The summed E-state index contributed by atoms with van der Waals surface area (Å²) in [7, 11) is 0. The Labute approximate surface area is 148 Å². The molecule has 4 fully saturated rings. The van der Waals surface area contributed by atoms with Crippen molar-refractivity contribution in [2.75, 3.05) is 0 Å². The molecule has 0 unspecified atom stereocenters. The lowest BCUT2D eigenvalue weighted by Crippen LogP contribution is -2.56. The van der Waals surface area contributed by atoms with Crippen molar-refractivity contribution in [1.29, 1.82) is 0 Å². The fraction of sp³-hybridized carbons (Fsp3) is 1.00. The van der Waals surface area contributed by atoms with E-state index >= 15 is 0 Å². The SMILES string of the molecule is C[C@]12CCCC[C@@H]1CC[C@H]1[C@H]3CC[C@](Br)([N+](=O)[O-])[C@@]3(C)CC[C@@H]12. The number of halogens is 1. The number of rotatable bonds is 1. The van der Waals surface area contributed by atoms with Gasteiger partial charge in [0.2, 0.25) is 0 Å². The molecule has 0 aromatic heterocycles. The van der Waals surface area contributed by atoms with Gasteiger partial charge in [-0.15, -0.1) is 0 Å². The van der Waals surface area contributed by atoms with Crippen molar-refractivity contribution in [1.82, 2.24) is 0 Å². The molecule has 3 nitrogen and oxygen atoms in total. The Morgan fingerprint density at radius 3 is 2.43 bits per heavy atom. The van der Waals surface area contributed by atoms with Crippen molar-refractivity contribution in [3.05, 3.63) is 10.1 Å².